The molecule has 0 aromatic carbocycles. The van der Waals surface area contributed by atoms with Gasteiger partial charge in [-0.15, -0.1) is 0 Å². The van der Waals surface area contributed by atoms with Gasteiger partial charge < -0.3 is 0 Å². The lowest BCUT2D eigenvalue weighted by molar-refractivity contribution is 0.845. The fraction of sp³-hybridized carbons (Fsp3) is 1.00. The van der Waals surface area contributed by atoms with Crippen LogP contribution in [0.2, 0.25) is 0 Å². The van der Waals surface area contributed by atoms with E-state index in [1.54, 1.807) is 0 Å². The highest BCUT2D eigenvalue weighted by atomic mass is 79.9. The van der Waals surface area contributed by atoms with Gasteiger partial charge in [0.2, 0.25) is 0 Å². The van der Waals surface area contributed by atoms with Gasteiger partial charge in [0.1, 0.15) is 0 Å². The maximum atomic E-state index is 3.79. The zero-order valence-electron chi connectivity index (χ0n) is 7.39. The van der Waals surface area contributed by atoms with Crippen LogP contribution >= 0.6 is 22.1 Å². The van der Waals surface area contributed by atoms with Crippen molar-refractivity contribution in [1.82, 2.24) is 0 Å². The Morgan fingerprint density at radius 2 is 1.40 bits per heavy atom. The molecule has 0 aromatic heterocycles. The molecule has 0 radical (unpaired) electrons. The molecule has 2 atom stereocenters. The summed E-state index contributed by atoms with van der Waals surface area (Å²) in [5.41, 5.74) is 1.76. The molecule has 0 aliphatic rings. The summed E-state index contributed by atoms with van der Waals surface area (Å²) in [6, 6.07) is 0. The number of halogens is 1. The molecule has 0 aliphatic carbocycles. The molecule has 0 amide bonds. The van der Waals surface area contributed by atoms with E-state index in [0.717, 1.165) is 11.3 Å². The Bertz CT molecular complexity index is 75.3. The molecule has 2 unspecified atom stereocenters. The highest BCUT2D eigenvalue weighted by molar-refractivity contribution is 9.39. The Morgan fingerprint density at radius 3 is 1.60 bits per heavy atom. The van der Waals surface area contributed by atoms with Crippen molar-refractivity contribution in [2.75, 3.05) is 0 Å². The normalized spacial score (nSPS) is 20.1. The molecule has 62 valence electrons. The average Bonchev–Trinajstić information content (AvgIpc) is 2.00. The van der Waals surface area contributed by atoms with E-state index in [1.165, 1.54) is 12.8 Å². The Morgan fingerprint density at radius 1 is 1.10 bits per heavy atom. The van der Waals surface area contributed by atoms with Crippen molar-refractivity contribution in [3.8, 4) is 0 Å². The maximum Gasteiger partial charge on any atom is -0.0139 e. The highest BCUT2D eigenvalue weighted by Crippen LogP contribution is 2.55. The van der Waals surface area contributed by atoms with Crippen LogP contribution in [0.25, 0.3) is 0 Å². The second-order valence-electron chi connectivity index (χ2n) is 2.86. The summed E-state index contributed by atoms with van der Waals surface area (Å²) >= 11 is 3.79. The Hall–Kier alpha value is 0.910. The lowest BCUT2D eigenvalue weighted by atomic mass is 10.4. The molecular weight excluding hydrogens is 207 g/mol. The standard InChI is InChI=1S/C8H18BrP/c1-5-7(3)10(9)8(4)6-2/h7-8H,5-6H2,1-4H3. The van der Waals surface area contributed by atoms with Crippen LogP contribution in [0.4, 0.5) is 0 Å². The molecule has 0 saturated heterocycles. The first-order valence-corrected chi connectivity index (χ1v) is 7.57. The van der Waals surface area contributed by atoms with Crippen LogP contribution in [0.5, 0.6) is 0 Å². The fourth-order valence-electron chi connectivity index (χ4n) is 0.783. The third kappa shape index (κ3) is 3.34. The first-order valence-electron chi connectivity index (χ1n) is 4.07. The molecular formula is C8H18BrP. The molecule has 0 N–H and O–H groups in total. The Kier molecular flexibility index (Phi) is 6.05. The van der Waals surface area contributed by atoms with Gasteiger partial charge in [-0.1, -0.05) is 43.2 Å². The van der Waals surface area contributed by atoms with Gasteiger partial charge >= 0.3 is 0 Å². The van der Waals surface area contributed by atoms with Crippen LogP contribution in [0.3, 0.4) is 0 Å². The van der Waals surface area contributed by atoms with Crippen molar-refractivity contribution < 1.29 is 0 Å². The van der Waals surface area contributed by atoms with Crippen molar-refractivity contribution in [1.29, 1.82) is 0 Å². The molecule has 0 bridgehead atoms. The summed E-state index contributed by atoms with van der Waals surface area (Å²) in [6.45, 7) is 9.32. The van der Waals surface area contributed by atoms with Crippen molar-refractivity contribution >= 4 is 22.1 Å². The van der Waals surface area contributed by atoms with E-state index in [4.69, 9.17) is 0 Å². The molecule has 0 spiro atoms. The van der Waals surface area contributed by atoms with Gasteiger partial charge in [-0.2, -0.15) is 0 Å². The minimum atomic E-state index is 0.109. The maximum absolute atomic E-state index is 3.79. The second kappa shape index (κ2) is 5.55. The van der Waals surface area contributed by atoms with Crippen molar-refractivity contribution in [2.45, 2.75) is 51.9 Å². The van der Waals surface area contributed by atoms with Gasteiger partial charge in [-0.3, -0.25) is 0 Å². The first-order chi connectivity index (χ1) is 4.63. The van der Waals surface area contributed by atoms with Crippen molar-refractivity contribution in [2.24, 2.45) is 0 Å². The van der Waals surface area contributed by atoms with Crippen LogP contribution in [-0.4, -0.2) is 11.3 Å². The average molecular weight is 225 g/mol. The van der Waals surface area contributed by atoms with Crippen LogP contribution in [-0.2, 0) is 0 Å². The molecule has 0 aromatic rings. The number of rotatable bonds is 4. The van der Waals surface area contributed by atoms with Crippen molar-refractivity contribution in [3.05, 3.63) is 0 Å². The minimum absolute atomic E-state index is 0.109. The van der Waals surface area contributed by atoms with Gasteiger partial charge in [-0.05, 0) is 30.8 Å². The van der Waals surface area contributed by atoms with Crippen LogP contribution in [0.1, 0.15) is 40.5 Å². The van der Waals surface area contributed by atoms with Gasteiger partial charge in [0.05, 0.1) is 0 Å². The van der Waals surface area contributed by atoms with E-state index in [1.807, 2.05) is 0 Å². The quantitative estimate of drug-likeness (QED) is 0.623. The van der Waals surface area contributed by atoms with Crippen LogP contribution in [0, 0.1) is 0 Å². The highest BCUT2D eigenvalue weighted by Gasteiger charge is 2.16. The summed E-state index contributed by atoms with van der Waals surface area (Å²) in [6.07, 6.45) is 2.61. The van der Waals surface area contributed by atoms with Crippen LogP contribution in [0.15, 0.2) is 0 Å². The van der Waals surface area contributed by atoms with Gasteiger partial charge in [0, 0.05) is 0 Å². The fourth-order valence-corrected chi connectivity index (χ4v) is 4.09. The third-order valence-corrected chi connectivity index (χ3v) is 8.63. The molecule has 0 heterocycles. The molecule has 0 nitrogen and oxygen atoms in total. The lowest BCUT2D eigenvalue weighted by Crippen LogP contribution is -2.03. The zero-order valence-corrected chi connectivity index (χ0v) is 9.87. The molecule has 2 heteroatoms. The van der Waals surface area contributed by atoms with Crippen molar-refractivity contribution in [3.63, 3.8) is 0 Å². The zero-order chi connectivity index (χ0) is 8.15. The van der Waals surface area contributed by atoms with Gasteiger partial charge in [-0.25, -0.2) is 0 Å². The van der Waals surface area contributed by atoms with Gasteiger partial charge in [0.15, 0.2) is 0 Å². The largest absolute Gasteiger partial charge is 0.0648 e. The number of hydrogen-bond acceptors (Lipinski definition) is 0. The van der Waals surface area contributed by atoms with Gasteiger partial charge in [0.25, 0.3) is 0 Å². The predicted octanol–water partition coefficient (Wildman–Crippen LogP) is 4.38. The molecule has 0 fully saturated rings. The van der Waals surface area contributed by atoms with Crippen LogP contribution < -0.4 is 0 Å². The summed E-state index contributed by atoms with van der Waals surface area (Å²) in [4.78, 5) is 0. The monoisotopic (exact) mass is 224 g/mol. The second-order valence-corrected chi connectivity index (χ2v) is 7.77. The topological polar surface area (TPSA) is 0 Å². The summed E-state index contributed by atoms with van der Waals surface area (Å²) in [7, 11) is 0. The SMILES string of the molecule is CCC(C)P(Br)C(C)CC. The Balaban J connectivity index is 3.69. The summed E-state index contributed by atoms with van der Waals surface area (Å²) in [5.74, 6) is 0. The minimum Gasteiger partial charge on any atom is -0.0648 e. The van der Waals surface area contributed by atoms with E-state index in [-0.39, 0.29) is 6.62 Å². The predicted molar refractivity (Wildman–Crippen MR) is 55.4 cm³/mol. The third-order valence-electron chi connectivity index (χ3n) is 2.02. The Labute approximate surface area is 74.3 Å². The van der Waals surface area contributed by atoms with E-state index in [2.05, 4.69) is 43.2 Å². The van der Waals surface area contributed by atoms with E-state index in [0.29, 0.717) is 0 Å². The molecule has 0 aliphatic heterocycles. The molecule has 0 rings (SSSR count). The smallest absolute Gasteiger partial charge is 0.0139 e. The first kappa shape index (κ1) is 10.9. The van der Waals surface area contributed by atoms with E-state index >= 15 is 0 Å². The summed E-state index contributed by atoms with van der Waals surface area (Å²) in [5, 5.41) is 0. The lowest BCUT2D eigenvalue weighted by Gasteiger charge is -2.22. The number of hydrogen-bond donors (Lipinski definition) is 0. The van der Waals surface area contributed by atoms with E-state index < -0.39 is 0 Å². The summed E-state index contributed by atoms with van der Waals surface area (Å²) < 4.78 is 0. The van der Waals surface area contributed by atoms with E-state index in [9.17, 15) is 0 Å². The molecule has 10 heavy (non-hydrogen) atoms. The molecule has 0 saturated carbocycles.